The molecule has 8 heteroatoms. The zero-order valence-corrected chi connectivity index (χ0v) is 22.2. The van der Waals surface area contributed by atoms with Gasteiger partial charge in [-0.05, 0) is 60.4 Å². The molecule has 2 amide bonds. The van der Waals surface area contributed by atoms with Crippen molar-refractivity contribution in [1.29, 1.82) is 10.5 Å². The van der Waals surface area contributed by atoms with Crippen molar-refractivity contribution >= 4 is 47.2 Å². The zero-order valence-electron chi connectivity index (χ0n) is 20.7. The van der Waals surface area contributed by atoms with Crippen LogP contribution in [0, 0.1) is 22.7 Å². The highest BCUT2D eigenvalue weighted by atomic mass is 35.5. The van der Waals surface area contributed by atoms with E-state index in [0.717, 1.165) is 11.1 Å². The Morgan fingerprint density at radius 3 is 1.34 bits per heavy atom. The third-order valence-electron chi connectivity index (χ3n) is 5.73. The Morgan fingerprint density at radius 1 is 0.684 bits per heavy atom. The zero-order chi connectivity index (χ0) is 27.7. The highest BCUT2D eigenvalue weighted by Gasteiger charge is 2.17. The van der Waals surface area contributed by atoms with Gasteiger partial charge >= 0.3 is 0 Å². The van der Waals surface area contributed by atoms with E-state index in [9.17, 15) is 20.1 Å². The minimum absolute atomic E-state index is 0.0714. The Labute approximate surface area is 231 Å². The Bertz CT molecular complexity index is 1370. The van der Waals surface area contributed by atoms with Gasteiger partial charge in [-0.25, -0.2) is 0 Å². The monoisotopic (exact) mass is 542 g/mol. The van der Waals surface area contributed by atoms with Gasteiger partial charge in [-0.1, -0.05) is 83.9 Å². The maximum atomic E-state index is 12.7. The van der Waals surface area contributed by atoms with Gasteiger partial charge in [-0.15, -0.1) is 0 Å². The molecule has 0 aromatic heterocycles. The fourth-order valence-corrected chi connectivity index (χ4v) is 4.27. The van der Waals surface area contributed by atoms with E-state index in [1.165, 1.54) is 12.2 Å². The van der Waals surface area contributed by atoms with Crippen LogP contribution in [0.4, 0.5) is 0 Å². The first-order valence-electron chi connectivity index (χ1n) is 11.7. The molecule has 190 valence electrons. The molecule has 0 radical (unpaired) electrons. The van der Waals surface area contributed by atoms with Crippen LogP contribution in [0.2, 0.25) is 10.0 Å². The lowest BCUT2D eigenvalue weighted by atomic mass is 10.0. The van der Waals surface area contributed by atoms with Gasteiger partial charge in [-0.2, -0.15) is 10.5 Å². The average molecular weight is 543 g/mol. The van der Waals surface area contributed by atoms with Crippen LogP contribution < -0.4 is 10.6 Å². The molecule has 2 atom stereocenters. The number of carbonyl (C=O) groups excluding carboxylic acids is 2. The summed E-state index contributed by atoms with van der Waals surface area (Å²) in [7, 11) is 0. The molecule has 0 spiro atoms. The van der Waals surface area contributed by atoms with Crippen molar-refractivity contribution in [2.24, 2.45) is 0 Å². The number of hydrogen-bond acceptors (Lipinski definition) is 4. The van der Waals surface area contributed by atoms with Crippen molar-refractivity contribution in [3.63, 3.8) is 0 Å². The molecule has 0 saturated carbocycles. The molecule has 0 aliphatic carbocycles. The summed E-state index contributed by atoms with van der Waals surface area (Å²) >= 11 is 12.4. The van der Waals surface area contributed by atoms with Crippen LogP contribution >= 0.6 is 23.2 Å². The topological polar surface area (TPSA) is 106 Å². The van der Waals surface area contributed by atoms with E-state index in [-0.39, 0.29) is 11.1 Å². The van der Waals surface area contributed by atoms with E-state index < -0.39 is 23.9 Å². The van der Waals surface area contributed by atoms with E-state index >= 15 is 0 Å². The normalized spacial score (nSPS) is 13.0. The summed E-state index contributed by atoms with van der Waals surface area (Å²) < 4.78 is 0. The van der Waals surface area contributed by atoms with Gasteiger partial charge in [0.15, 0.2) is 0 Å². The summed E-state index contributed by atoms with van der Waals surface area (Å²) in [5.41, 5.74) is 2.56. The van der Waals surface area contributed by atoms with Crippen molar-refractivity contribution in [2.45, 2.75) is 25.9 Å². The molecule has 0 bridgehead atoms. The summed E-state index contributed by atoms with van der Waals surface area (Å²) in [6, 6.07) is 24.1. The number of amides is 2. The van der Waals surface area contributed by atoms with E-state index in [0.29, 0.717) is 21.2 Å². The van der Waals surface area contributed by atoms with Crippen molar-refractivity contribution in [1.82, 2.24) is 10.6 Å². The van der Waals surface area contributed by atoms with Crippen molar-refractivity contribution in [3.05, 3.63) is 116 Å². The Hall–Kier alpha value is -4.36. The molecule has 38 heavy (non-hydrogen) atoms. The molecule has 0 heterocycles. The molecule has 2 N–H and O–H groups in total. The van der Waals surface area contributed by atoms with E-state index in [1.807, 2.05) is 36.4 Å². The number of nitrogens with zero attached hydrogens (tertiary/aromatic N) is 2. The van der Waals surface area contributed by atoms with Crippen molar-refractivity contribution in [2.75, 3.05) is 0 Å². The summed E-state index contributed by atoms with van der Waals surface area (Å²) in [5.74, 6) is -1.06. The van der Waals surface area contributed by atoms with Crippen LogP contribution in [0.1, 0.15) is 48.2 Å². The van der Waals surface area contributed by atoms with E-state index in [2.05, 4.69) is 10.6 Å². The predicted octanol–water partition coefficient (Wildman–Crippen LogP) is 6.56. The van der Waals surface area contributed by atoms with Gasteiger partial charge < -0.3 is 10.6 Å². The van der Waals surface area contributed by atoms with Gasteiger partial charge in [0, 0.05) is 10.0 Å². The average Bonchev–Trinajstić information content (AvgIpc) is 2.91. The molecule has 0 aliphatic heterocycles. The van der Waals surface area contributed by atoms with Crippen LogP contribution in [0.25, 0.3) is 12.2 Å². The second-order valence-corrected chi connectivity index (χ2v) is 9.25. The number of carbonyl (C=O) groups is 2. The molecule has 6 nitrogen and oxygen atoms in total. The molecule has 3 rings (SSSR count). The smallest absolute Gasteiger partial charge is 0.262 e. The highest BCUT2D eigenvalue weighted by molar-refractivity contribution is 6.31. The highest BCUT2D eigenvalue weighted by Crippen LogP contribution is 2.24. The standard InChI is InChI=1S/C30H24Cl2N4O2/c1-19(25-7-3-5-9-27(25)31)35-29(37)23(17-33)15-21-11-13-22(14-12-21)16-24(18-34)30(38)36-20(2)26-8-4-6-10-28(26)32/h3-16,19-20H,1-2H3,(H,35,37)(H,36,38)/b23-15+,24-16+/t19-,20-/m0/s1. The van der Waals surface area contributed by atoms with Gasteiger partial charge in [0.05, 0.1) is 12.1 Å². The summed E-state index contributed by atoms with van der Waals surface area (Å²) in [6.07, 6.45) is 2.93. The third kappa shape index (κ3) is 7.33. The quantitative estimate of drug-likeness (QED) is 0.248. The first-order chi connectivity index (χ1) is 18.2. The first kappa shape index (κ1) is 28.2. The van der Waals surface area contributed by atoms with Gasteiger partial charge in [0.2, 0.25) is 0 Å². The lowest BCUT2D eigenvalue weighted by Crippen LogP contribution is -2.27. The van der Waals surface area contributed by atoms with Crippen LogP contribution in [0.3, 0.4) is 0 Å². The summed E-state index contributed by atoms with van der Waals surface area (Å²) in [6.45, 7) is 3.57. The number of hydrogen-bond donors (Lipinski definition) is 2. The van der Waals surface area contributed by atoms with Crippen LogP contribution in [0.15, 0.2) is 83.9 Å². The van der Waals surface area contributed by atoms with Crippen molar-refractivity contribution in [3.8, 4) is 12.1 Å². The number of nitrogens with one attached hydrogen (secondary N) is 2. The number of rotatable bonds is 8. The molecular formula is C30H24Cl2N4O2. The molecule has 0 aliphatic rings. The molecule has 3 aromatic rings. The van der Waals surface area contributed by atoms with Gasteiger partial charge in [-0.3, -0.25) is 9.59 Å². The molecule has 0 saturated heterocycles. The minimum Gasteiger partial charge on any atom is -0.345 e. The maximum absolute atomic E-state index is 12.7. The maximum Gasteiger partial charge on any atom is 0.262 e. The van der Waals surface area contributed by atoms with E-state index in [1.54, 1.807) is 62.4 Å². The Balaban J connectivity index is 1.71. The first-order valence-corrected chi connectivity index (χ1v) is 12.4. The van der Waals surface area contributed by atoms with E-state index in [4.69, 9.17) is 23.2 Å². The number of halogens is 2. The second-order valence-electron chi connectivity index (χ2n) is 8.44. The fourth-order valence-electron chi connectivity index (χ4n) is 3.68. The lowest BCUT2D eigenvalue weighted by Gasteiger charge is -2.15. The SMILES string of the molecule is C[C@H](NC(=O)/C(C#N)=C/c1ccc(/C=C(\C#N)C(=O)N[C@@H](C)c2ccccc2Cl)cc1)c1ccccc1Cl. The predicted molar refractivity (Wildman–Crippen MR) is 150 cm³/mol. The molecule has 0 fully saturated rings. The van der Waals surface area contributed by atoms with Crippen LogP contribution in [-0.4, -0.2) is 11.8 Å². The van der Waals surface area contributed by atoms with Crippen LogP contribution in [0.5, 0.6) is 0 Å². The molecular weight excluding hydrogens is 519 g/mol. The van der Waals surface area contributed by atoms with Gasteiger partial charge in [0.25, 0.3) is 11.8 Å². The van der Waals surface area contributed by atoms with Gasteiger partial charge in [0.1, 0.15) is 23.3 Å². The Kier molecular flexibility index (Phi) is 9.85. The van der Waals surface area contributed by atoms with Crippen molar-refractivity contribution < 1.29 is 9.59 Å². The summed E-state index contributed by atoms with van der Waals surface area (Å²) in [4.78, 5) is 25.3. The molecule has 3 aromatic carbocycles. The summed E-state index contributed by atoms with van der Waals surface area (Å²) in [5, 5.41) is 25.7. The third-order valence-corrected chi connectivity index (χ3v) is 6.42. The second kappa shape index (κ2) is 13.3. The van der Waals surface area contributed by atoms with Crippen LogP contribution in [-0.2, 0) is 9.59 Å². The number of nitriles is 2. The molecule has 0 unspecified atom stereocenters. The number of benzene rings is 3. The fraction of sp³-hybridized carbons (Fsp3) is 0.133. The largest absolute Gasteiger partial charge is 0.345 e. The Morgan fingerprint density at radius 2 is 1.03 bits per heavy atom. The minimum atomic E-state index is -0.528. The lowest BCUT2D eigenvalue weighted by molar-refractivity contribution is -0.118.